The number of benzene rings is 1. The van der Waals surface area contributed by atoms with Gasteiger partial charge in [0.15, 0.2) is 0 Å². The van der Waals surface area contributed by atoms with Gasteiger partial charge < -0.3 is 0 Å². The monoisotopic (exact) mass is 140 g/mol. The summed E-state index contributed by atoms with van der Waals surface area (Å²) in [4.78, 5) is 0. The maximum Gasteiger partial charge on any atom is 0.117 e. The molecule has 0 fully saturated rings. The van der Waals surface area contributed by atoms with Gasteiger partial charge in [0.1, 0.15) is 29.4 Å². The van der Waals surface area contributed by atoms with Gasteiger partial charge in [0.05, 0.1) is 0 Å². The molecule has 0 aliphatic rings. The van der Waals surface area contributed by atoms with E-state index in [-0.39, 0.29) is 10.9 Å². The lowest BCUT2D eigenvalue weighted by Gasteiger charge is -2.09. The van der Waals surface area contributed by atoms with Crippen LogP contribution < -0.4 is 16.4 Å². The minimum absolute atomic E-state index is 0.0308. The van der Waals surface area contributed by atoms with Crippen LogP contribution in [-0.4, -0.2) is 23.5 Å². The van der Waals surface area contributed by atoms with E-state index in [0.29, 0.717) is 11.0 Å². The van der Waals surface area contributed by atoms with E-state index >= 15 is 0 Å². The van der Waals surface area contributed by atoms with Crippen molar-refractivity contribution in [3.63, 3.8) is 0 Å². The Balaban J connectivity index is 3.46. The molecule has 11 heavy (non-hydrogen) atoms. The Bertz CT molecular complexity index is 270. The molecule has 6 radical (unpaired) electrons. The highest BCUT2D eigenvalue weighted by atomic mass is 19.1. The average Bonchev–Trinajstić information content (AvgIpc) is 1.97. The zero-order valence-corrected chi connectivity index (χ0v) is 6.19. The second-order valence-electron chi connectivity index (χ2n) is 2.40. The van der Waals surface area contributed by atoms with Gasteiger partial charge in [-0.15, -0.1) is 0 Å². The number of hydrogen-bond acceptors (Lipinski definition) is 0. The first-order chi connectivity index (χ1) is 5.04. The lowest BCUT2D eigenvalue weighted by Crippen LogP contribution is -2.36. The fourth-order valence-corrected chi connectivity index (χ4v) is 0.809. The van der Waals surface area contributed by atoms with Crippen LogP contribution in [0.4, 0.5) is 4.39 Å². The molecule has 0 unspecified atom stereocenters. The smallest absolute Gasteiger partial charge is 0.117 e. The highest BCUT2D eigenvalue weighted by Crippen LogP contribution is 1.90. The minimum atomic E-state index is -0.564. The van der Waals surface area contributed by atoms with Crippen LogP contribution in [-0.2, 0) is 0 Å². The van der Waals surface area contributed by atoms with Gasteiger partial charge in [-0.25, -0.2) is 4.39 Å². The number of hydrogen-bond donors (Lipinski definition) is 0. The van der Waals surface area contributed by atoms with E-state index in [1.807, 2.05) is 0 Å². The average molecular weight is 140 g/mol. The van der Waals surface area contributed by atoms with E-state index in [1.54, 1.807) is 6.92 Å². The molecule has 1 aromatic carbocycles. The van der Waals surface area contributed by atoms with Crippen LogP contribution in [0, 0.1) is 12.7 Å². The van der Waals surface area contributed by atoms with Crippen molar-refractivity contribution >= 4 is 39.9 Å². The molecular weight excluding hydrogens is 136 g/mol. The highest BCUT2D eigenvalue weighted by Gasteiger charge is 2.03. The van der Waals surface area contributed by atoms with Gasteiger partial charge >= 0.3 is 0 Å². The van der Waals surface area contributed by atoms with Crippen LogP contribution in [0.5, 0.6) is 0 Å². The van der Waals surface area contributed by atoms with E-state index < -0.39 is 5.82 Å². The summed E-state index contributed by atoms with van der Waals surface area (Å²) in [5.74, 6) is -0.564. The topological polar surface area (TPSA) is 0 Å². The second kappa shape index (κ2) is 2.76. The van der Waals surface area contributed by atoms with E-state index in [4.69, 9.17) is 23.5 Å². The Morgan fingerprint density at radius 3 is 2.27 bits per heavy atom. The molecule has 0 nitrogen and oxygen atoms in total. The lowest BCUT2D eigenvalue weighted by molar-refractivity contribution is 0.637. The van der Waals surface area contributed by atoms with Gasteiger partial charge in [0.25, 0.3) is 0 Å². The number of halogens is 1. The standard InChI is InChI=1S/C7H4B3F/c1-3-4(8)2-5(11)7(10)6(3)9/h2H,1H3. The second-order valence-corrected chi connectivity index (χ2v) is 2.40. The molecule has 0 N–H and O–H groups in total. The maximum atomic E-state index is 12.7. The normalized spacial score (nSPS) is 10.0. The molecule has 4 heteroatoms. The van der Waals surface area contributed by atoms with Gasteiger partial charge in [-0.05, 0) is 13.0 Å². The Labute approximate surface area is 69.4 Å². The van der Waals surface area contributed by atoms with Crippen molar-refractivity contribution < 1.29 is 4.39 Å². The SMILES string of the molecule is [B]c1cc(F)c([B])c([B])c1C. The molecule has 0 amide bonds. The molecule has 0 aliphatic carbocycles. The Hall–Kier alpha value is -0.655. The first kappa shape index (κ1) is 8.44. The summed E-state index contributed by atoms with van der Waals surface area (Å²) in [5, 5.41) is 0. The third-order valence-electron chi connectivity index (χ3n) is 1.67. The predicted molar refractivity (Wildman–Crippen MR) is 47.3 cm³/mol. The predicted octanol–water partition coefficient (Wildman–Crippen LogP) is -1.48. The van der Waals surface area contributed by atoms with Crippen LogP contribution in [0.25, 0.3) is 0 Å². The van der Waals surface area contributed by atoms with Crippen molar-refractivity contribution in [1.29, 1.82) is 0 Å². The van der Waals surface area contributed by atoms with Crippen LogP contribution in [0.15, 0.2) is 6.07 Å². The van der Waals surface area contributed by atoms with E-state index in [9.17, 15) is 4.39 Å². The largest absolute Gasteiger partial charge is 0.208 e. The number of rotatable bonds is 0. The van der Waals surface area contributed by atoms with Crippen LogP contribution in [0.3, 0.4) is 0 Å². The molecule has 0 heterocycles. The zero-order chi connectivity index (χ0) is 8.59. The van der Waals surface area contributed by atoms with Gasteiger partial charge in [0, 0.05) is 0 Å². The summed E-state index contributed by atoms with van der Waals surface area (Å²) in [7, 11) is 16.1. The molecule has 0 aliphatic heterocycles. The van der Waals surface area contributed by atoms with Crippen molar-refractivity contribution in [1.82, 2.24) is 0 Å². The van der Waals surface area contributed by atoms with E-state index in [1.165, 1.54) is 6.07 Å². The van der Waals surface area contributed by atoms with Crippen molar-refractivity contribution in [2.45, 2.75) is 6.92 Å². The van der Waals surface area contributed by atoms with E-state index in [0.717, 1.165) is 0 Å². The van der Waals surface area contributed by atoms with Crippen LogP contribution >= 0.6 is 0 Å². The first-order valence-corrected chi connectivity index (χ1v) is 3.13. The molecule has 1 rings (SSSR count). The van der Waals surface area contributed by atoms with Crippen molar-refractivity contribution in [3.05, 3.63) is 17.4 Å². The summed E-state index contributed by atoms with van der Waals surface area (Å²) >= 11 is 0. The summed E-state index contributed by atoms with van der Waals surface area (Å²) in [6.45, 7) is 1.69. The quantitative estimate of drug-likeness (QED) is 0.385. The molecule has 0 atom stereocenters. The van der Waals surface area contributed by atoms with Crippen molar-refractivity contribution in [2.75, 3.05) is 0 Å². The van der Waals surface area contributed by atoms with Gasteiger partial charge in [-0.3, -0.25) is 0 Å². The lowest BCUT2D eigenvalue weighted by atomic mass is 9.73. The fourth-order valence-electron chi connectivity index (χ4n) is 0.809. The van der Waals surface area contributed by atoms with Gasteiger partial charge in [-0.2, -0.15) is 0 Å². The molecule has 0 spiro atoms. The Morgan fingerprint density at radius 1 is 1.18 bits per heavy atom. The highest BCUT2D eigenvalue weighted by molar-refractivity contribution is 6.51. The minimum Gasteiger partial charge on any atom is -0.208 e. The van der Waals surface area contributed by atoms with Crippen LogP contribution in [0.1, 0.15) is 5.56 Å². The summed E-state index contributed by atoms with van der Waals surface area (Å²) in [6, 6.07) is 1.17. The van der Waals surface area contributed by atoms with Gasteiger partial charge in [0.2, 0.25) is 0 Å². The Kier molecular flexibility index (Phi) is 2.12. The molecule has 1 aromatic rings. The van der Waals surface area contributed by atoms with Crippen molar-refractivity contribution in [2.24, 2.45) is 0 Å². The van der Waals surface area contributed by atoms with E-state index in [2.05, 4.69) is 0 Å². The van der Waals surface area contributed by atoms with Crippen LogP contribution in [0.2, 0.25) is 0 Å². The fraction of sp³-hybridized carbons (Fsp3) is 0.143. The van der Waals surface area contributed by atoms with Crippen molar-refractivity contribution in [3.8, 4) is 0 Å². The maximum absolute atomic E-state index is 12.7. The molecule has 0 saturated carbocycles. The van der Waals surface area contributed by atoms with Gasteiger partial charge in [-0.1, -0.05) is 22.0 Å². The molecule has 0 bridgehead atoms. The third kappa shape index (κ3) is 1.35. The third-order valence-corrected chi connectivity index (χ3v) is 1.67. The molecule has 0 aromatic heterocycles. The Morgan fingerprint density at radius 2 is 1.73 bits per heavy atom. The first-order valence-electron chi connectivity index (χ1n) is 3.13. The summed E-state index contributed by atoms with van der Waals surface area (Å²) in [6.07, 6.45) is 0. The zero-order valence-electron chi connectivity index (χ0n) is 6.19. The summed E-state index contributed by atoms with van der Waals surface area (Å²) < 4.78 is 12.7. The molecule has 0 saturated heterocycles. The molecule has 48 valence electrons. The molecular formula is C7H4B3F. The summed E-state index contributed by atoms with van der Waals surface area (Å²) in [5.41, 5.74) is 1.15.